The number of rotatable bonds is 4. The number of benzene rings is 1. The normalized spacial score (nSPS) is 23.0. The Morgan fingerprint density at radius 1 is 1.37 bits per heavy atom. The van der Waals surface area contributed by atoms with E-state index in [1.807, 2.05) is 12.1 Å². The van der Waals surface area contributed by atoms with Crippen LogP contribution in [0.5, 0.6) is 5.75 Å². The molecule has 2 unspecified atom stereocenters. The Hall–Kier alpha value is -1.16. The first-order valence-corrected chi connectivity index (χ1v) is 7.85. The van der Waals surface area contributed by atoms with Crippen molar-refractivity contribution in [1.29, 1.82) is 0 Å². The van der Waals surface area contributed by atoms with Crippen LogP contribution in [-0.2, 0) is 4.79 Å². The van der Waals surface area contributed by atoms with E-state index in [0.717, 1.165) is 11.3 Å². The van der Waals surface area contributed by atoms with E-state index in [4.69, 9.17) is 0 Å². The highest BCUT2D eigenvalue weighted by atomic mass is 32.2. The van der Waals surface area contributed by atoms with E-state index >= 15 is 0 Å². The van der Waals surface area contributed by atoms with Crippen LogP contribution in [0, 0.1) is 5.92 Å². The second-order valence-corrected chi connectivity index (χ2v) is 6.21. The second-order valence-electron chi connectivity index (χ2n) is 5.19. The molecule has 0 spiro atoms. The van der Waals surface area contributed by atoms with Crippen molar-refractivity contribution >= 4 is 17.7 Å². The lowest BCUT2D eigenvalue weighted by Crippen LogP contribution is -2.41. The SMILES string of the molecule is CC1CCCCC1NC(=O)CSc1ccccc1O. The molecule has 3 nitrogen and oxygen atoms in total. The van der Waals surface area contributed by atoms with Crippen LogP contribution in [0.1, 0.15) is 32.6 Å². The van der Waals surface area contributed by atoms with Gasteiger partial charge in [-0.15, -0.1) is 11.8 Å². The van der Waals surface area contributed by atoms with Crippen molar-refractivity contribution < 1.29 is 9.90 Å². The van der Waals surface area contributed by atoms with Crippen LogP contribution in [0.2, 0.25) is 0 Å². The van der Waals surface area contributed by atoms with Crippen molar-refractivity contribution in [3.8, 4) is 5.75 Å². The van der Waals surface area contributed by atoms with Gasteiger partial charge in [0, 0.05) is 10.9 Å². The minimum Gasteiger partial charge on any atom is -0.507 e. The molecule has 0 heterocycles. The average molecular weight is 279 g/mol. The molecule has 2 N–H and O–H groups in total. The first-order chi connectivity index (χ1) is 9.16. The van der Waals surface area contributed by atoms with Gasteiger partial charge in [-0.1, -0.05) is 31.9 Å². The van der Waals surface area contributed by atoms with Gasteiger partial charge in [-0.05, 0) is 30.9 Å². The number of thioether (sulfide) groups is 1. The highest BCUT2D eigenvalue weighted by molar-refractivity contribution is 8.00. The molecule has 1 amide bonds. The van der Waals surface area contributed by atoms with Gasteiger partial charge in [0.1, 0.15) is 5.75 Å². The molecule has 0 radical (unpaired) electrons. The predicted octanol–water partition coefficient (Wildman–Crippen LogP) is 3.18. The van der Waals surface area contributed by atoms with Crippen molar-refractivity contribution in [2.24, 2.45) is 5.92 Å². The summed E-state index contributed by atoms with van der Waals surface area (Å²) in [7, 11) is 0. The van der Waals surface area contributed by atoms with E-state index in [1.54, 1.807) is 12.1 Å². The fourth-order valence-corrected chi connectivity index (χ4v) is 3.26. The maximum Gasteiger partial charge on any atom is 0.230 e. The lowest BCUT2D eigenvalue weighted by atomic mass is 9.86. The molecule has 0 aromatic heterocycles. The highest BCUT2D eigenvalue weighted by Gasteiger charge is 2.22. The highest BCUT2D eigenvalue weighted by Crippen LogP contribution is 2.28. The van der Waals surface area contributed by atoms with E-state index in [0.29, 0.717) is 17.7 Å². The van der Waals surface area contributed by atoms with Crippen LogP contribution < -0.4 is 5.32 Å². The van der Waals surface area contributed by atoms with E-state index in [9.17, 15) is 9.90 Å². The number of nitrogens with one attached hydrogen (secondary N) is 1. The summed E-state index contributed by atoms with van der Waals surface area (Å²) in [5, 5.41) is 12.8. The first-order valence-electron chi connectivity index (χ1n) is 6.87. The summed E-state index contributed by atoms with van der Waals surface area (Å²) in [6.07, 6.45) is 4.79. The Bertz CT molecular complexity index is 436. The fraction of sp³-hybridized carbons (Fsp3) is 0.533. The average Bonchev–Trinajstić information content (AvgIpc) is 2.40. The molecule has 0 aliphatic heterocycles. The largest absolute Gasteiger partial charge is 0.507 e. The van der Waals surface area contributed by atoms with Gasteiger partial charge in [0.15, 0.2) is 0 Å². The van der Waals surface area contributed by atoms with Gasteiger partial charge in [-0.25, -0.2) is 0 Å². The Morgan fingerprint density at radius 3 is 2.84 bits per heavy atom. The Morgan fingerprint density at radius 2 is 2.11 bits per heavy atom. The predicted molar refractivity (Wildman–Crippen MR) is 78.4 cm³/mol. The summed E-state index contributed by atoms with van der Waals surface area (Å²) in [6, 6.07) is 7.44. The summed E-state index contributed by atoms with van der Waals surface area (Å²) < 4.78 is 0. The number of carbonyl (C=O) groups excluding carboxylic acids is 1. The number of amides is 1. The quantitative estimate of drug-likeness (QED) is 0.832. The van der Waals surface area contributed by atoms with E-state index < -0.39 is 0 Å². The molecule has 1 saturated carbocycles. The molecule has 104 valence electrons. The van der Waals surface area contributed by atoms with Crippen LogP contribution >= 0.6 is 11.8 Å². The second kappa shape index (κ2) is 6.85. The maximum atomic E-state index is 11.9. The first kappa shape index (κ1) is 14.3. The van der Waals surface area contributed by atoms with Crippen LogP contribution in [-0.4, -0.2) is 22.8 Å². The number of phenolic OH excluding ortho intramolecular Hbond substituents is 1. The molecule has 0 bridgehead atoms. The minimum absolute atomic E-state index is 0.0620. The molecule has 2 rings (SSSR count). The van der Waals surface area contributed by atoms with Crippen molar-refractivity contribution in [2.45, 2.75) is 43.5 Å². The standard InChI is InChI=1S/C15H21NO2S/c1-11-6-2-3-7-12(11)16-15(18)10-19-14-9-5-4-8-13(14)17/h4-5,8-9,11-12,17H,2-3,6-7,10H2,1H3,(H,16,18). The van der Waals surface area contributed by atoms with Gasteiger partial charge in [-0.2, -0.15) is 0 Å². The van der Waals surface area contributed by atoms with Crippen LogP contribution in [0.4, 0.5) is 0 Å². The smallest absolute Gasteiger partial charge is 0.230 e. The third kappa shape index (κ3) is 4.16. The zero-order chi connectivity index (χ0) is 13.7. The minimum atomic E-state index is 0.0620. The van der Waals surface area contributed by atoms with Crippen molar-refractivity contribution in [1.82, 2.24) is 5.32 Å². The molecule has 1 fully saturated rings. The van der Waals surface area contributed by atoms with Crippen LogP contribution in [0.25, 0.3) is 0 Å². The number of hydrogen-bond donors (Lipinski definition) is 2. The van der Waals surface area contributed by atoms with E-state index in [2.05, 4.69) is 12.2 Å². The van der Waals surface area contributed by atoms with E-state index in [-0.39, 0.29) is 11.7 Å². The summed E-state index contributed by atoms with van der Waals surface area (Å²) >= 11 is 1.38. The van der Waals surface area contributed by atoms with Gasteiger partial charge in [-0.3, -0.25) is 4.79 Å². The van der Waals surface area contributed by atoms with Gasteiger partial charge in [0.05, 0.1) is 5.75 Å². The number of hydrogen-bond acceptors (Lipinski definition) is 3. The zero-order valence-corrected chi connectivity index (χ0v) is 12.1. The van der Waals surface area contributed by atoms with Gasteiger partial charge in [0.25, 0.3) is 0 Å². The van der Waals surface area contributed by atoms with Crippen molar-refractivity contribution in [3.05, 3.63) is 24.3 Å². The van der Waals surface area contributed by atoms with Crippen LogP contribution in [0.3, 0.4) is 0 Å². The number of carbonyl (C=O) groups is 1. The molecule has 2 atom stereocenters. The molecular weight excluding hydrogens is 258 g/mol. The third-order valence-corrected chi connectivity index (χ3v) is 4.74. The lowest BCUT2D eigenvalue weighted by Gasteiger charge is -2.29. The van der Waals surface area contributed by atoms with Crippen molar-refractivity contribution in [2.75, 3.05) is 5.75 Å². The maximum absolute atomic E-state index is 11.9. The molecule has 19 heavy (non-hydrogen) atoms. The summed E-state index contributed by atoms with van der Waals surface area (Å²) in [4.78, 5) is 12.7. The topological polar surface area (TPSA) is 49.3 Å². The summed E-state index contributed by atoms with van der Waals surface area (Å²) in [5.74, 6) is 1.24. The van der Waals surface area contributed by atoms with E-state index in [1.165, 1.54) is 31.0 Å². The number of phenols is 1. The van der Waals surface area contributed by atoms with Gasteiger partial charge in [0.2, 0.25) is 5.91 Å². The lowest BCUT2D eigenvalue weighted by molar-refractivity contribution is -0.119. The van der Waals surface area contributed by atoms with Crippen LogP contribution in [0.15, 0.2) is 29.2 Å². The summed E-state index contributed by atoms with van der Waals surface area (Å²) in [6.45, 7) is 2.21. The molecular formula is C15H21NO2S. The Labute approximate surface area is 118 Å². The molecule has 0 saturated heterocycles. The number of para-hydroxylation sites is 1. The summed E-state index contributed by atoms with van der Waals surface area (Å²) in [5.41, 5.74) is 0. The molecule has 1 aromatic rings. The third-order valence-electron chi connectivity index (χ3n) is 3.68. The monoisotopic (exact) mass is 279 g/mol. The fourth-order valence-electron chi connectivity index (χ4n) is 2.50. The Balaban J connectivity index is 1.80. The zero-order valence-electron chi connectivity index (χ0n) is 11.3. The van der Waals surface area contributed by atoms with Crippen molar-refractivity contribution in [3.63, 3.8) is 0 Å². The van der Waals surface area contributed by atoms with Gasteiger partial charge < -0.3 is 10.4 Å². The molecule has 4 heteroatoms. The Kier molecular flexibility index (Phi) is 5.14. The molecule has 1 aliphatic carbocycles. The molecule has 1 aromatic carbocycles. The molecule has 1 aliphatic rings. The number of aromatic hydroxyl groups is 1. The van der Waals surface area contributed by atoms with Gasteiger partial charge >= 0.3 is 0 Å².